The average Bonchev–Trinajstić information content (AvgIpc) is 2.04. The Balaban J connectivity index is 1.82. The number of nitrogens with one attached hydrogen (secondary N) is 1. The summed E-state index contributed by atoms with van der Waals surface area (Å²) >= 11 is 0. The van der Waals surface area contributed by atoms with Gasteiger partial charge in [-0.05, 0) is 46.2 Å². The summed E-state index contributed by atoms with van der Waals surface area (Å²) in [5.41, 5.74) is 0. The molecule has 2 rings (SSSR count). The van der Waals surface area contributed by atoms with Gasteiger partial charge in [0.05, 0.1) is 0 Å². The maximum atomic E-state index is 3.79. The number of nitrogens with zero attached hydrogens (tertiary/aromatic N) is 1. The summed E-state index contributed by atoms with van der Waals surface area (Å²) < 4.78 is 0. The van der Waals surface area contributed by atoms with Crippen molar-refractivity contribution < 1.29 is 0 Å². The van der Waals surface area contributed by atoms with E-state index in [1.165, 1.54) is 38.6 Å². The van der Waals surface area contributed by atoms with Crippen molar-refractivity contribution in [3.63, 3.8) is 0 Å². The second-order valence-corrected chi connectivity index (χ2v) is 4.76. The molecule has 0 radical (unpaired) electrons. The van der Waals surface area contributed by atoms with Crippen LogP contribution in [0.25, 0.3) is 0 Å². The summed E-state index contributed by atoms with van der Waals surface area (Å²) in [6, 6.07) is 2.33. The highest BCUT2D eigenvalue weighted by molar-refractivity contribution is 4.89. The van der Waals surface area contributed by atoms with Gasteiger partial charge in [0.1, 0.15) is 0 Å². The van der Waals surface area contributed by atoms with Gasteiger partial charge in [-0.25, -0.2) is 0 Å². The quantitative estimate of drug-likeness (QED) is 0.698. The van der Waals surface area contributed by atoms with Crippen LogP contribution in [0.5, 0.6) is 0 Å². The second kappa shape index (κ2) is 3.97. The molecule has 0 spiro atoms. The molecule has 0 bridgehead atoms. The Kier molecular flexibility index (Phi) is 2.89. The normalized spacial score (nSPS) is 37.4. The van der Waals surface area contributed by atoms with Crippen LogP contribution in [-0.4, -0.2) is 36.6 Å². The Bertz CT molecular complexity index is 165. The van der Waals surface area contributed by atoms with Crippen LogP contribution in [0.4, 0.5) is 0 Å². The molecule has 76 valence electrons. The van der Waals surface area contributed by atoms with Crippen LogP contribution in [0, 0.1) is 0 Å². The zero-order valence-electron chi connectivity index (χ0n) is 8.92. The first-order valence-corrected chi connectivity index (χ1v) is 5.73. The molecule has 1 heterocycles. The molecule has 2 atom stereocenters. The lowest BCUT2D eigenvalue weighted by Crippen LogP contribution is -2.54. The largest absolute Gasteiger partial charge is 0.310 e. The summed E-state index contributed by atoms with van der Waals surface area (Å²) in [5.74, 6) is 0. The highest BCUT2D eigenvalue weighted by Crippen LogP contribution is 2.22. The first kappa shape index (κ1) is 9.47. The Morgan fingerprint density at radius 2 is 1.92 bits per heavy atom. The lowest BCUT2D eigenvalue weighted by Gasteiger charge is -2.41. The molecule has 2 aliphatic rings. The smallest absolute Gasteiger partial charge is 0.0223 e. The van der Waals surface area contributed by atoms with Gasteiger partial charge in [0, 0.05) is 18.1 Å². The van der Waals surface area contributed by atoms with Crippen molar-refractivity contribution >= 4 is 0 Å². The fourth-order valence-electron chi connectivity index (χ4n) is 2.41. The van der Waals surface area contributed by atoms with Crippen LogP contribution < -0.4 is 5.32 Å². The number of hydrogen-bond acceptors (Lipinski definition) is 2. The van der Waals surface area contributed by atoms with E-state index in [1.54, 1.807) is 0 Å². The van der Waals surface area contributed by atoms with E-state index >= 15 is 0 Å². The van der Waals surface area contributed by atoms with Crippen molar-refractivity contribution in [3.05, 3.63) is 0 Å². The van der Waals surface area contributed by atoms with Gasteiger partial charge in [-0.3, -0.25) is 0 Å². The van der Waals surface area contributed by atoms with E-state index in [0.29, 0.717) is 0 Å². The molecule has 2 unspecified atom stereocenters. The molecule has 2 nitrogen and oxygen atoms in total. The van der Waals surface area contributed by atoms with Crippen molar-refractivity contribution in [1.82, 2.24) is 10.2 Å². The molecule has 1 saturated carbocycles. The van der Waals surface area contributed by atoms with Gasteiger partial charge in [-0.15, -0.1) is 0 Å². The third kappa shape index (κ3) is 2.05. The van der Waals surface area contributed by atoms with Crippen molar-refractivity contribution in [2.75, 3.05) is 13.6 Å². The van der Waals surface area contributed by atoms with E-state index in [-0.39, 0.29) is 0 Å². The van der Waals surface area contributed by atoms with E-state index in [1.807, 2.05) is 0 Å². The summed E-state index contributed by atoms with van der Waals surface area (Å²) in [4.78, 5) is 2.49. The molecule has 0 aromatic heterocycles. The second-order valence-electron chi connectivity index (χ2n) is 4.76. The molecule has 0 amide bonds. The van der Waals surface area contributed by atoms with Crippen LogP contribution in [0.15, 0.2) is 0 Å². The van der Waals surface area contributed by atoms with E-state index in [0.717, 1.165) is 18.1 Å². The minimum atomic E-state index is 0.731. The van der Waals surface area contributed by atoms with Gasteiger partial charge in [0.15, 0.2) is 0 Å². The van der Waals surface area contributed by atoms with E-state index < -0.39 is 0 Å². The minimum absolute atomic E-state index is 0.731. The first-order chi connectivity index (χ1) is 6.27. The predicted molar refractivity (Wildman–Crippen MR) is 55.9 cm³/mol. The molecule has 0 aromatic rings. The Hall–Kier alpha value is -0.0800. The maximum Gasteiger partial charge on any atom is 0.0223 e. The van der Waals surface area contributed by atoms with Gasteiger partial charge in [0.2, 0.25) is 0 Å². The molecule has 2 heteroatoms. The standard InChI is InChI=1S/C11H22N2/c1-9-11(7-4-8-13(9)2)12-10-5-3-6-10/h9-12H,3-8H2,1-2H3. The van der Waals surface area contributed by atoms with Gasteiger partial charge in [-0.1, -0.05) is 6.42 Å². The van der Waals surface area contributed by atoms with Gasteiger partial charge < -0.3 is 10.2 Å². The third-order valence-electron chi connectivity index (χ3n) is 3.86. The minimum Gasteiger partial charge on any atom is -0.310 e. The molecule has 2 fully saturated rings. The van der Waals surface area contributed by atoms with E-state index in [4.69, 9.17) is 0 Å². The molecule has 1 saturated heterocycles. The molecule has 0 aromatic carbocycles. The summed E-state index contributed by atoms with van der Waals surface area (Å²) in [5, 5.41) is 3.79. The SMILES string of the molecule is CC1C(NC2CCC2)CCCN1C. The van der Waals surface area contributed by atoms with E-state index in [2.05, 4.69) is 24.2 Å². The lowest BCUT2D eigenvalue weighted by atomic mass is 9.89. The molecule has 1 aliphatic carbocycles. The van der Waals surface area contributed by atoms with Crippen molar-refractivity contribution in [2.45, 2.75) is 57.2 Å². The van der Waals surface area contributed by atoms with Gasteiger partial charge in [0.25, 0.3) is 0 Å². The molecular weight excluding hydrogens is 160 g/mol. The van der Waals surface area contributed by atoms with Crippen LogP contribution >= 0.6 is 0 Å². The van der Waals surface area contributed by atoms with Gasteiger partial charge >= 0.3 is 0 Å². The number of hydrogen-bond donors (Lipinski definition) is 1. The zero-order valence-corrected chi connectivity index (χ0v) is 8.92. The van der Waals surface area contributed by atoms with Crippen LogP contribution in [0.1, 0.15) is 39.0 Å². The molecule has 13 heavy (non-hydrogen) atoms. The van der Waals surface area contributed by atoms with E-state index in [9.17, 15) is 0 Å². The zero-order chi connectivity index (χ0) is 9.26. The first-order valence-electron chi connectivity index (χ1n) is 5.73. The third-order valence-corrected chi connectivity index (χ3v) is 3.86. The molecule has 1 N–H and O–H groups in total. The number of piperidine rings is 1. The highest BCUT2D eigenvalue weighted by Gasteiger charge is 2.28. The summed E-state index contributed by atoms with van der Waals surface area (Å²) in [6.45, 7) is 3.64. The van der Waals surface area contributed by atoms with Crippen LogP contribution in [0.2, 0.25) is 0 Å². The summed E-state index contributed by atoms with van der Waals surface area (Å²) in [7, 11) is 2.25. The molecular formula is C11H22N2. The van der Waals surface area contributed by atoms with Gasteiger partial charge in [-0.2, -0.15) is 0 Å². The van der Waals surface area contributed by atoms with Crippen molar-refractivity contribution in [2.24, 2.45) is 0 Å². The average molecular weight is 182 g/mol. The number of likely N-dealkylation sites (tertiary alicyclic amines) is 1. The fraction of sp³-hybridized carbons (Fsp3) is 1.00. The lowest BCUT2D eigenvalue weighted by molar-refractivity contribution is 0.134. The number of likely N-dealkylation sites (N-methyl/N-ethyl adjacent to an activating group) is 1. The van der Waals surface area contributed by atoms with Crippen molar-refractivity contribution in [3.8, 4) is 0 Å². The predicted octanol–water partition coefficient (Wildman–Crippen LogP) is 1.61. The highest BCUT2D eigenvalue weighted by atomic mass is 15.2. The Morgan fingerprint density at radius 1 is 1.15 bits per heavy atom. The topological polar surface area (TPSA) is 15.3 Å². The fourth-order valence-corrected chi connectivity index (χ4v) is 2.41. The Labute approximate surface area is 81.7 Å². The Morgan fingerprint density at radius 3 is 2.54 bits per heavy atom. The maximum absolute atomic E-state index is 3.79. The monoisotopic (exact) mass is 182 g/mol. The molecule has 1 aliphatic heterocycles. The van der Waals surface area contributed by atoms with Crippen LogP contribution in [0.3, 0.4) is 0 Å². The van der Waals surface area contributed by atoms with Crippen molar-refractivity contribution in [1.29, 1.82) is 0 Å². The van der Waals surface area contributed by atoms with Crippen LogP contribution in [-0.2, 0) is 0 Å². The number of rotatable bonds is 2. The summed E-state index contributed by atoms with van der Waals surface area (Å²) in [6.07, 6.45) is 7.00.